The molecule has 0 saturated carbocycles. The Kier molecular flexibility index (Phi) is 3.66. The van der Waals surface area contributed by atoms with Gasteiger partial charge in [-0.05, 0) is 6.07 Å². The SMILES string of the molecule is O=C(C[N+](=O)[O-])N1CCN(c2ncccn2)CC1. The van der Waals surface area contributed by atoms with Crippen molar-refractivity contribution in [1.82, 2.24) is 14.9 Å². The van der Waals surface area contributed by atoms with Crippen molar-refractivity contribution >= 4 is 11.9 Å². The molecule has 0 N–H and O–H groups in total. The van der Waals surface area contributed by atoms with Gasteiger partial charge in [-0.15, -0.1) is 0 Å². The van der Waals surface area contributed by atoms with Gasteiger partial charge >= 0.3 is 0 Å². The number of amides is 1. The molecule has 1 aliphatic heterocycles. The number of carbonyl (C=O) groups excluding carboxylic acids is 1. The van der Waals surface area contributed by atoms with Gasteiger partial charge in [0.1, 0.15) is 0 Å². The lowest BCUT2D eigenvalue weighted by molar-refractivity contribution is -0.468. The number of aromatic nitrogens is 2. The van der Waals surface area contributed by atoms with E-state index in [4.69, 9.17) is 0 Å². The molecule has 8 heteroatoms. The fourth-order valence-corrected chi connectivity index (χ4v) is 1.82. The van der Waals surface area contributed by atoms with E-state index in [2.05, 4.69) is 9.97 Å². The van der Waals surface area contributed by atoms with E-state index in [1.165, 1.54) is 4.90 Å². The first-order valence-electron chi connectivity index (χ1n) is 5.58. The topological polar surface area (TPSA) is 92.5 Å². The molecular weight excluding hydrogens is 238 g/mol. The maximum Gasteiger partial charge on any atom is 0.294 e. The largest absolute Gasteiger partial charge is 0.337 e. The van der Waals surface area contributed by atoms with Gasteiger partial charge in [-0.1, -0.05) is 0 Å². The van der Waals surface area contributed by atoms with Crippen molar-refractivity contribution in [3.05, 3.63) is 28.6 Å². The fraction of sp³-hybridized carbons (Fsp3) is 0.500. The van der Waals surface area contributed by atoms with Gasteiger partial charge in [-0.3, -0.25) is 14.9 Å². The lowest BCUT2D eigenvalue weighted by Gasteiger charge is -2.33. The molecule has 1 saturated heterocycles. The molecule has 0 bridgehead atoms. The molecule has 2 heterocycles. The Balaban J connectivity index is 1.88. The molecule has 0 aliphatic carbocycles. The molecule has 1 aromatic rings. The Hall–Kier alpha value is -2.25. The van der Waals surface area contributed by atoms with Crippen LogP contribution in [0.3, 0.4) is 0 Å². The Morgan fingerprint density at radius 2 is 1.89 bits per heavy atom. The molecule has 0 radical (unpaired) electrons. The number of piperazine rings is 1. The molecule has 96 valence electrons. The summed E-state index contributed by atoms with van der Waals surface area (Å²) < 4.78 is 0. The summed E-state index contributed by atoms with van der Waals surface area (Å²) in [5.41, 5.74) is 0. The van der Waals surface area contributed by atoms with E-state index in [1.54, 1.807) is 18.5 Å². The average molecular weight is 251 g/mol. The van der Waals surface area contributed by atoms with E-state index in [0.29, 0.717) is 32.1 Å². The van der Waals surface area contributed by atoms with Gasteiger partial charge in [-0.2, -0.15) is 0 Å². The van der Waals surface area contributed by atoms with Gasteiger partial charge in [0.15, 0.2) is 0 Å². The molecule has 8 nitrogen and oxygen atoms in total. The number of anilines is 1. The average Bonchev–Trinajstić information content (AvgIpc) is 2.39. The summed E-state index contributed by atoms with van der Waals surface area (Å²) >= 11 is 0. The Morgan fingerprint density at radius 3 is 2.44 bits per heavy atom. The number of carbonyl (C=O) groups is 1. The Bertz CT molecular complexity index is 430. The second-order valence-corrected chi connectivity index (χ2v) is 3.91. The highest BCUT2D eigenvalue weighted by Crippen LogP contribution is 2.09. The molecule has 2 rings (SSSR count). The third kappa shape index (κ3) is 2.90. The molecule has 18 heavy (non-hydrogen) atoms. The minimum absolute atomic E-state index is 0.436. The van der Waals surface area contributed by atoms with Crippen LogP contribution in [0.1, 0.15) is 0 Å². The molecule has 1 amide bonds. The first-order valence-corrected chi connectivity index (χ1v) is 5.58. The van der Waals surface area contributed by atoms with Crippen LogP contribution in [0, 0.1) is 10.1 Å². The number of rotatable bonds is 3. The van der Waals surface area contributed by atoms with Gasteiger partial charge in [0, 0.05) is 43.5 Å². The standard InChI is InChI=1S/C10H13N5O3/c16-9(8-15(17)18)13-4-6-14(7-5-13)10-11-2-1-3-12-10/h1-3H,4-8H2. The van der Waals surface area contributed by atoms with Crippen LogP contribution in [0.5, 0.6) is 0 Å². The Labute approximate surface area is 103 Å². The molecule has 0 unspecified atom stereocenters. The van der Waals surface area contributed by atoms with E-state index in [-0.39, 0.29) is 0 Å². The lowest BCUT2D eigenvalue weighted by Crippen LogP contribution is -2.50. The monoisotopic (exact) mass is 251 g/mol. The van der Waals surface area contributed by atoms with Crippen molar-refractivity contribution in [2.45, 2.75) is 0 Å². The number of nitro groups is 1. The molecule has 1 aliphatic rings. The molecule has 1 fully saturated rings. The summed E-state index contributed by atoms with van der Waals surface area (Å²) in [7, 11) is 0. The minimum atomic E-state index is -0.637. The van der Waals surface area contributed by atoms with Crippen LogP contribution in [0.25, 0.3) is 0 Å². The van der Waals surface area contributed by atoms with Crippen molar-refractivity contribution < 1.29 is 9.72 Å². The van der Waals surface area contributed by atoms with Crippen LogP contribution in [0.15, 0.2) is 18.5 Å². The van der Waals surface area contributed by atoms with Crippen molar-refractivity contribution in [1.29, 1.82) is 0 Å². The molecule has 1 aromatic heterocycles. The first-order chi connectivity index (χ1) is 8.66. The lowest BCUT2D eigenvalue weighted by atomic mass is 10.3. The molecular formula is C10H13N5O3. The maximum atomic E-state index is 11.5. The van der Waals surface area contributed by atoms with Gasteiger partial charge in [-0.25, -0.2) is 9.97 Å². The zero-order valence-electron chi connectivity index (χ0n) is 9.73. The van der Waals surface area contributed by atoms with E-state index in [1.807, 2.05) is 4.90 Å². The predicted octanol–water partition coefficient (Wildman–Crippen LogP) is -0.598. The van der Waals surface area contributed by atoms with Gasteiger partial charge < -0.3 is 9.80 Å². The normalized spacial score (nSPS) is 15.6. The molecule has 0 spiro atoms. The van der Waals surface area contributed by atoms with Crippen LogP contribution in [0.4, 0.5) is 5.95 Å². The third-order valence-corrected chi connectivity index (χ3v) is 2.73. The second-order valence-electron chi connectivity index (χ2n) is 3.91. The number of hydrogen-bond acceptors (Lipinski definition) is 6. The summed E-state index contributed by atoms with van der Waals surface area (Å²) in [6.07, 6.45) is 3.32. The van der Waals surface area contributed by atoms with Crippen LogP contribution in [0.2, 0.25) is 0 Å². The third-order valence-electron chi connectivity index (χ3n) is 2.73. The fourth-order valence-electron chi connectivity index (χ4n) is 1.82. The Morgan fingerprint density at radius 1 is 1.28 bits per heavy atom. The van der Waals surface area contributed by atoms with E-state index in [0.717, 1.165) is 0 Å². The van der Waals surface area contributed by atoms with Crippen molar-refractivity contribution in [2.24, 2.45) is 0 Å². The number of hydrogen-bond donors (Lipinski definition) is 0. The highest BCUT2D eigenvalue weighted by Gasteiger charge is 2.24. The van der Waals surface area contributed by atoms with E-state index >= 15 is 0 Å². The zero-order chi connectivity index (χ0) is 13.0. The maximum absolute atomic E-state index is 11.5. The minimum Gasteiger partial charge on any atom is -0.337 e. The molecule has 0 atom stereocenters. The van der Waals surface area contributed by atoms with Gasteiger partial charge in [0.25, 0.3) is 12.5 Å². The van der Waals surface area contributed by atoms with Crippen LogP contribution in [-0.4, -0.2) is 58.4 Å². The summed E-state index contributed by atoms with van der Waals surface area (Å²) in [5.74, 6) is 0.188. The van der Waals surface area contributed by atoms with E-state index < -0.39 is 17.4 Å². The highest BCUT2D eigenvalue weighted by molar-refractivity contribution is 5.77. The van der Waals surface area contributed by atoms with E-state index in [9.17, 15) is 14.9 Å². The van der Waals surface area contributed by atoms with Gasteiger partial charge in [0.2, 0.25) is 5.95 Å². The zero-order valence-corrected chi connectivity index (χ0v) is 9.73. The van der Waals surface area contributed by atoms with Crippen LogP contribution >= 0.6 is 0 Å². The second kappa shape index (κ2) is 5.39. The quantitative estimate of drug-likeness (QED) is 0.526. The highest BCUT2D eigenvalue weighted by atomic mass is 16.6. The summed E-state index contributed by atoms with van der Waals surface area (Å²) in [6, 6.07) is 1.74. The summed E-state index contributed by atoms with van der Waals surface area (Å²) in [5, 5.41) is 10.3. The summed E-state index contributed by atoms with van der Waals surface area (Å²) in [4.78, 5) is 32.9. The first kappa shape index (κ1) is 12.2. The van der Waals surface area contributed by atoms with Crippen molar-refractivity contribution in [2.75, 3.05) is 37.6 Å². The van der Waals surface area contributed by atoms with Gasteiger partial charge in [0.05, 0.1) is 0 Å². The summed E-state index contributed by atoms with van der Waals surface area (Å²) in [6.45, 7) is 1.47. The van der Waals surface area contributed by atoms with Crippen molar-refractivity contribution in [3.8, 4) is 0 Å². The predicted molar refractivity (Wildman–Crippen MR) is 62.7 cm³/mol. The van der Waals surface area contributed by atoms with Crippen LogP contribution in [-0.2, 0) is 4.79 Å². The smallest absolute Gasteiger partial charge is 0.294 e. The van der Waals surface area contributed by atoms with Crippen LogP contribution < -0.4 is 4.90 Å². The van der Waals surface area contributed by atoms with Crippen molar-refractivity contribution in [3.63, 3.8) is 0 Å². The number of nitrogens with zero attached hydrogens (tertiary/aromatic N) is 5. The molecule has 0 aromatic carbocycles.